The summed E-state index contributed by atoms with van der Waals surface area (Å²) in [6.07, 6.45) is 3.26. The summed E-state index contributed by atoms with van der Waals surface area (Å²) in [6, 6.07) is 20.9. The van der Waals surface area contributed by atoms with Crippen LogP contribution < -0.4 is 10.3 Å². The molecule has 2 aromatic carbocycles. The molecule has 5 rings (SSSR count). The summed E-state index contributed by atoms with van der Waals surface area (Å²) in [5.41, 5.74) is 5.08. The Morgan fingerprint density at radius 1 is 0.968 bits per heavy atom. The number of fused-ring (bicyclic) bond motifs is 4. The van der Waals surface area contributed by atoms with Crippen LogP contribution in [0.1, 0.15) is 23.6 Å². The fourth-order valence-corrected chi connectivity index (χ4v) is 5.66. The first-order valence-electron chi connectivity index (χ1n) is 10.9. The van der Waals surface area contributed by atoms with Crippen LogP contribution in [0.4, 0.5) is 0 Å². The molecule has 0 spiro atoms. The van der Waals surface area contributed by atoms with Gasteiger partial charge in [0, 0.05) is 54.3 Å². The van der Waals surface area contributed by atoms with Crippen molar-refractivity contribution in [1.29, 1.82) is 0 Å². The zero-order valence-corrected chi connectivity index (χ0v) is 18.9. The zero-order valence-electron chi connectivity index (χ0n) is 18.1. The molecule has 0 unspecified atom stereocenters. The monoisotopic (exact) mass is 432 g/mol. The van der Waals surface area contributed by atoms with Gasteiger partial charge in [0.15, 0.2) is 0 Å². The third-order valence-corrected chi connectivity index (χ3v) is 7.38. The normalized spacial score (nSPS) is 20.3. The van der Waals surface area contributed by atoms with Gasteiger partial charge in [0.2, 0.25) is 0 Å². The molecule has 2 aliphatic heterocycles. The predicted molar refractivity (Wildman–Crippen MR) is 127 cm³/mol. The molecule has 1 fully saturated rings. The smallest absolute Gasteiger partial charge is 0.250 e. The Morgan fingerprint density at radius 3 is 2.45 bits per heavy atom. The molecular weight excluding hydrogens is 404 g/mol. The van der Waals surface area contributed by atoms with Gasteiger partial charge in [-0.1, -0.05) is 24.3 Å². The number of pyridine rings is 1. The second kappa shape index (κ2) is 8.56. The maximum absolute atomic E-state index is 12.7. The molecule has 1 aromatic heterocycles. The molecule has 160 valence electrons. The first-order valence-corrected chi connectivity index (χ1v) is 12.1. The molecule has 0 radical (unpaired) electrons. The summed E-state index contributed by atoms with van der Waals surface area (Å²) in [7, 11) is 1.70. The topological polar surface area (TPSA) is 34.5 Å². The van der Waals surface area contributed by atoms with Crippen molar-refractivity contribution in [2.24, 2.45) is 5.92 Å². The maximum atomic E-state index is 12.7. The van der Waals surface area contributed by atoms with Gasteiger partial charge in [0.25, 0.3) is 5.56 Å². The number of benzene rings is 2. The second-order valence-corrected chi connectivity index (χ2v) is 9.53. The number of ether oxygens (including phenoxy) is 1. The molecule has 3 heterocycles. The van der Waals surface area contributed by atoms with E-state index in [2.05, 4.69) is 52.1 Å². The van der Waals surface area contributed by atoms with Crippen molar-refractivity contribution in [2.75, 3.05) is 26.5 Å². The molecule has 2 atom stereocenters. The predicted octanol–water partition coefficient (Wildman–Crippen LogP) is 4.87. The van der Waals surface area contributed by atoms with Gasteiger partial charge < -0.3 is 9.30 Å². The van der Waals surface area contributed by atoms with Crippen LogP contribution in [0.2, 0.25) is 0 Å². The van der Waals surface area contributed by atoms with E-state index in [-0.39, 0.29) is 5.56 Å². The van der Waals surface area contributed by atoms with Crippen molar-refractivity contribution in [3.8, 4) is 16.9 Å². The van der Waals surface area contributed by atoms with Crippen molar-refractivity contribution in [1.82, 2.24) is 9.47 Å². The standard InChI is InChI=1S/C26H28N2O2S/c1-30-22-7-3-18(4-8-22)14-27-15-19-13-21(17-27)26-24(11-12-25(29)28(26)16-19)20-5-9-23(31-2)10-6-20/h3-12,19,21H,13-17H2,1-2H3/t19-,21-/m1/s1. The largest absolute Gasteiger partial charge is 0.497 e. The summed E-state index contributed by atoms with van der Waals surface area (Å²) >= 11 is 1.75. The fraction of sp³-hybridized carbons (Fsp3) is 0.346. The minimum Gasteiger partial charge on any atom is -0.497 e. The Hall–Kier alpha value is -2.50. The van der Waals surface area contributed by atoms with Gasteiger partial charge >= 0.3 is 0 Å². The Kier molecular flexibility index (Phi) is 5.63. The molecule has 4 nitrogen and oxygen atoms in total. The lowest BCUT2D eigenvalue weighted by Gasteiger charge is -2.43. The molecule has 1 saturated heterocycles. The molecule has 3 aromatic rings. The van der Waals surface area contributed by atoms with Crippen LogP contribution >= 0.6 is 11.8 Å². The average molecular weight is 433 g/mol. The average Bonchev–Trinajstić information content (AvgIpc) is 2.80. The number of piperidine rings is 1. The van der Waals surface area contributed by atoms with Crippen LogP contribution in [0.5, 0.6) is 5.75 Å². The fourth-order valence-electron chi connectivity index (χ4n) is 5.25. The lowest BCUT2D eigenvalue weighted by Crippen LogP contribution is -2.47. The Morgan fingerprint density at radius 2 is 1.74 bits per heavy atom. The lowest BCUT2D eigenvalue weighted by molar-refractivity contribution is 0.115. The Balaban J connectivity index is 1.45. The highest BCUT2D eigenvalue weighted by Crippen LogP contribution is 2.40. The van der Waals surface area contributed by atoms with Crippen molar-refractivity contribution in [2.45, 2.75) is 30.3 Å². The van der Waals surface area contributed by atoms with Crippen LogP contribution in [0, 0.1) is 5.92 Å². The Bertz CT molecular complexity index is 1120. The SMILES string of the molecule is COc1ccc(CN2C[C@H]3C[C@H](C2)c2c(-c4ccc(SC)cc4)ccc(=O)n2C3)cc1. The summed E-state index contributed by atoms with van der Waals surface area (Å²) in [5, 5.41) is 0. The number of likely N-dealkylation sites (tertiary alicyclic amines) is 1. The summed E-state index contributed by atoms with van der Waals surface area (Å²) in [4.78, 5) is 16.6. The van der Waals surface area contributed by atoms with Crippen LogP contribution in [-0.4, -0.2) is 35.9 Å². The molecule has 0 amide bonds. The van der Waals surface area contributed by atoms with Gasteiger partial charge in [-0.15, -0.1) is 11.8 Å². The van der Waals surface area contributed by atoms with E-state index in [9.17, 15) is 4.79 Å². The molecule has 5 heteroatoms. The van der Waals surface area contributed by atoms with Crippen LogP contribution in [0.3, 0.4) is 0 Å². The summed E-state index contributed by atoms with van der Waals surface area (Å²) in [6.45, 7) is 3.79. The third-order valence-electron chi connectivity index (χ3n) is 6.63. The van der Waals surface area contributed by atoms with E-state index in [0.717, 1.165) is 31.9 Å². The van der Waals surface area contributed by atoms with E-state index in [4.69, 9.17) is 4.74 Å². The number of hydrogen-bond donors (Lipinski definition) is 0. The first kappa shape index (κ1) is 20.4. The number of rotatable bonds is 5. The third kappa shape index (κ3) is 4.04. The van der Waals surface area contributed by atoms with Gasteiger partial charge in [0.05, 0.1) is 7.11 Å². The van der Waals surface area contributed by atoms with E-state index >= 15 is 0 Å². The number of hydrogen-bond acceptors (Lipinski definition) is 4. The molecule has 0 aliphatic carbocycles. The van der Waals surface area contributed by atoms with Crippen molar-refractivity contribution in [3.63, 3.8) is 0 Å². The minimum absolute atomic E-state index is 0.137. The number of aromatic nitrogens is 1. The van der Waals surface area contributed by atoms with Gasteiger partial charge in [0.1, 0.15) is 5.75 Å². The second-order valence-electron chi connectivity index (χ2n) is 8.65. The lowest BCUT2D eigenvalue weighted by atomic mass is 9.80. The summed E-state index contributed by atoms with van der Waals surface area (Å²) in [5.74, 6) is 1.80. The minimum atomic E-state index is 0.137. The molecule has 0 N–H and O–H groups in total. The highest BCUT2D eigenvalue weighted by atomic mass is 32.2. The van der Waals surface area contributed by atoms with Crippen LogP contribution in [-0.2, 0) is 13.1 Å². The van der Waals surface area contributed by atoms with Crippen molar-refractivity contribution < 1.29 is 4.74 Å². The van der Waals surface area contributed by atoms with Crippen LogP contribution in [0.15, 0.2) is 70.4 Å². The number of nitrogens with zero attached hydrogens (tertiary/aromatic N) is 2. The highest BCUT2D eigenvalue weighted by molar-refractivity contribution is 7.98. The van der Waals surface area contributed by atoms with Crippen molar-refractivity contribution in [3.05, 3.63) is 82.3 Å². The van der Waals surface area contributed by atoms with E-state index in [0.29, 0.717) is 11.8 Å². The van der Waals surface area contributed by atoms with Crippen molar-refractivity contribution >= 4 is 11.8 Å². The van der Waals surface area contributed by atoms with E-state index < -0.39 is 0 Å². The molecule has 31 heavy (non-hydrogen) atoms. The zero-order chi connectivity index (χ0) is 21.4. The van der Waals surface area contributed by atoms with Gasteiger partial charge in [-0.25, -0.2) is 0 Å². The number of thioether (sulfide) groups is 1. The molecule has 2 aliphatic rings. The van der Waals surface area contributed by atoms with Crippen LogP contribution in [0.25, 0.3) is 11.1 Å². The van der Waals surface area contributed by atoms with Gasteiger partial charge in [-0.2, -0.15) is 0 Å². The maximum Gasteiger partial charge on any atom is 0.250 e. The summed E-state index contributed by atoms with van der Waals surface area (Å²) < 4.78 is 7.35. The van der Waals surface area contributed by atoms with E-state index in [1.54, 1.807) is 24.9 Å². The van der Waals surface area contributed by atoms with Gasteiger partial charge in [-0.3, -0.25) is 9.69 Å². The Labute approximate surface area is 187 Å². The van der Waals surface area contributed by atoms with E-state index in [1.165, 1.54) is 33.7 Å². The molecule has 0 saturated carbocycles. The first-order chi connectivity index (χ1) is 15.1. The quantitative estimate of drug-likeness (QED) is 0.539. The highest BCUT2D eigenvalue weighted by Gasteiger charge is 2.36. The number of methoxy groups -OCH3 is 1. The molecule has 2 bridgehead atoms. The molecular formula is C26H28N2O2S. The van der Waals surface area contributed by atoms with Gasteiger partial charge in [-0.05, 0) is 60.1 Å². The van der Waals surface area contributed by atoms with E-state index in [1.807, 2.05) is 18.2 Å².